The Labute approximate surface area is 282 Å². The van der Waals surface area contributed by atoms with Gasteiger partial charge < -0.3 is 0 Å². The molecule has 0 aliphatic carbocycles. The SMILES string of the molecule is c1ccc(-c2cc(-c3ccccc3)nc(-n3c4ccccc4c4cc(-c5ccc6c(c5)-c5cccc7cccc(c57)S6)ccc43)n2)cc1. The van der Waals surface area contributed by atoms with E-state index in [2.05, 4.69) is 156 Å². The third-order valence-corrected chi connectivity index (χ3v) is 10.6. The molecule has 0 fully saturated rings. The van der Waals surface area contributed by atoms with E-state index in [0.717, 1.165) is 33.5 Å². The maximum absolute atomic E-state index is 5.19. The molecule has 0 bridgehead atoms. The second-order valence-electron chi connectivity index (χ2n) is 12.2. The Hall–Kier alpha value is -5.97. The molecule has 0 N–H and O–H groups in total. The standard InChI is InChI=1S/C44H27N3S/c1-3-11-28(12-4-1)37-27-38(29-13-5-2-6-14-29)46-44(45-37)47-39-19-8-7-17-33(39)35-25-31(21-23-40(35)47)32-22-24-41-36(26-32)34-18-9-15-30-16-10-20-42(48-41)43(30)34/h1-27H. The Morgan fingerprint density at radius 1 is 0.417 bits per heavy atom. The van der Waals surface area contributed by atoms with Crippen LogP contribution in [0.15, 0.2) is 174 Å². The molecule has 9 aromatic rings. The van der Waals surface area contributed by atoms with Crippen LogP contribution in [-0.4, -0.2) is 14.5 Å². The highest BCUT2D eigenvalue weighted by Crippen LogP contribution is 2.49. The predicted octanol–water partition coefficient (Wildman–Crippen LogP) is 11.9. The molecule has 4 heteroatoms. The molecule has 48 heavy (non-hydrogen) atoms. The number of para-hydroxylation sites is 1. The van der Waals surface area contributed by atoms with E-state index in [-0.39, 0.29) is 0 Å². The Morgan fingerprint density at radius 2 is 1.06 bits per heavy atom. The van der Waals surface area contributed by atoms with Gasteiger partial charge in [0.1, 0.15) is 0 Å². The Kier molecular flexibility index (Phi) is 6.11. The van der Waals surface area contributed by atoms with E-state index in [1.54, 1.807) is 0 Å². The van der Waals surface area contributed by atoms with Crippen molar-refractivity contribution in [1.82, 2.24) is 14.5 Å². The van der Waals surface area contributed by atoms with Gasteiger partial charge in [-0.25, -0.2) is 9.97 Å². The maximum Gasteiger partial charge on any atom is 0.235 e. The van der Waals surface area contributed by atoms with E-state index >= 15 is 0 Å². The first kappa shape index (κ1) is 27.2. The van der Waals surface area contributed by atoms with Crippen molar-refractivity contribution < 1.29 is 0 Å². The van der Waals surface area contributed by atoms with Crippen molar-refractivity contribution in [2.45, 2.75) is 9.79 Å². The number of hydrogen-bond donors (Lipinski definition) is 0. The van der Waals surface area contributed by atoms with E-state index < -0.39 is 0 Å². The highest BCUT2D eigenvalue weighted by atomic mass is 32.2. The van der Waals surface area contributed by atoms with Gasteiger partial charge in [-0.3, -0.25) is 4.57 Å². The molecule has 0 radical (unpaired) electrons. The Balaban J connectivity index is 1.16. The summed E-state index contributed by atoms with van der Waals surface area (Å²) in [5.74, 6) is 0.659. The lowest BCUT2D eigenvalue weighted by molar-refractivity contribution is 0.995. The molecule has 3 heterocycles. The fraction of sp³-hybridized carbons (Fsp3) is 0. The Morgan fingerprint density at radius 3 is 1.83 bits per heavy atom. The van der Waals surface area contributed by atoms with Crippen LogP contribution in [0.3, 0.4) is 0 Å². The van der Waals surface area contributed by atoms with E-state index in [9.17, 15) is 0 Å². The van der Waals surface area contributed by atoms with Crippen LogP contribution in [0.1, 0.15) is 0 Å². The fourth-order valence-electron chi connectivity index (χ4n) is 7.16. The fourth-order valence-corrected chi connectivity index (χ4v) is 8.29. The lowest BCUT2D eigenvalue weighted by Gasteiger charge is -2.21. The summed E-state index contributed by atoms with van der Waals surface area (Å²) < 4.78 is 2.22. The zero-order chi connectivity index (χ0) is 31.6. The average molecular weight is 630 g/mol. The van der Waals surface area contributed by atoms with Gasteiger partial charge in [0, 0.05) is 37.1 Å². The molecule has 7 aromatic carbocycles. The van der Waals surface area contributed by atoms with Crippen molar-refractivity contribution in [1.29, 1.82) is 0 Å². The molecule has 0 amide bonds. The van der Waals surface area contributed by atoms with Crippen molar-refractivity contribution in [3.8, 4) is 50.7 Å². The van der Waals surface area contributed by atoms with Crippen LogP contribution in [0.4, 0.5) is 0 Å². The largest absolute Gasteiger partial charge is 0.278 e. The number of nitrogens with zero attached hydrogens (tertiary/aromatic N) is 3. The van der Waals surface area contributed by atoms with E-state index in [1.165, 1.54) is 53.6 Å². The highest BCUT2D eigenvalue weighted by molar-refractivity contribution is 7.99. The van der Waals surface area contributed by atoms with Crippen LogP contribution in [-0.2, 0) is 0 Å². The highest BCUT2D eigenvalue weighted by Gasteiger charge is 2.21. The molecular formula is C44H27N3S. The van der Waals surface area contributed by atoms with Crippen LogP contribution in [0.25, 0.3) is 83.3 Å². The molecular weight excluding hydrogens is 603 g/mol. The van der Waals surface area contributed by atoms with Crippen molar-refractivity contribution in [3.63, 3.8) is 0 Å². The minimum Gasteiger partial charge on any atom is -0.278 e. The quantitative estimate of drug-likeness (QED) is 0.194. The summed E-state index contributed by atoms with van der Waals surface area (Å²) >= 11 is 1.87. The average Bonchev–Trinajstić information content (AvgIpc) is 3.49. The van der Waals surface area contributed by atoms with Crippen LogP contribution in [0.2, 0.25) is 0 Å². The molecule has 0 saturated carbocycles. The van der Waals surface area contributed by atoms with Crippen molar-refractivity contribution >= 4 is 44.3 Å². The smallest absolute Gasteiger partial charge is 0.235 e. The third-order valence-electron chi connectivity index (χ3n) is 9.42. The molecule has 0 unspecified atom stereocenters. The molecule has 1 aliphatic heterocycles. The third kappa shape index (κ3) is 4.30. The monoisotopic (exact) mass is 629 g/mol. The number of hydrogen-bond acceptors (Lipinski definition) is 3. The van der Waals surface area contributed by atoms with Gasteiger partial charge in [0.15, 0.2) is 0 Å². The van der Waals surface area contributed by atoms with Crippen molar-refractivity contribution in [2.75, 3.05) is 0 Å². The maximum atomic E-state index is 5.19. The summed E-state index contributed by atoms with van der Waals surface area (Å²) in [5, 5.41) is 4.99. The molecule has 0 saturated heterocycles. The molecule has 10 rings (SSSR count). The molecule has 3 nitrogen and oxygen atoms in total. The summed E-state index contributed by atoms with van der Waals surface area (Å²) in [7, 11) is 0. The first-order valence-corrected chi connectivity index (χ1v) is 17.0. The van der Waals surface area contributed by atoms with Crippen molar-refractivity contribution in [3.05, 3.63) is 164 Å². The predicted molar refractivity (Wildman–Crippen MR) is 200 cm³/mol. The lowest BCUT2D eigenvalue weighted by Crippen LogP contribution is -2.04. The summed E-state index contributed by atoms with van der Waals surface area (Å²) in [6, 6.07) is 58.4. The summed E-state index contributed by atoms with van der Waals surface area (Å²) in [4.78, 5) is 13.0. The van der Waals surface area contributed by atoms with Gasteiger partial charge in [0.25, 0.3) is 0 Å². The number of benzene rings is 7. The molecule has 2 aromatic heterocycles. The summed E-state index contributed by atoms with van der Waals surface area (Å²) in [6.07, 6.45) is 0. The second kappa shape index (κ2) is 10.8. The van der Waals surface area contributed by atoms with Gasteiger partial charge in [-0.05, 0) is 70.1 Å². The van der Waals surface area contributed by atoms with Gasteiger partial charge in [0.05, 0.1) is 22.4 Å². The first-order valence-electron chi connectivity index (χ1n) is 16.2. The molecule has 1 aliphatic rings. The second-order valence-corrected chi connectivity index (χ2v) is 13.3. The number of fused-ring (bicyclic) bond motifs is 5. The van der Waals surface area contributed by atoms with Crippen LogP contribution in [0, 0.1) is 0 Å². The Bertz CT molecular complexity index is 2630. The van der Waals surface area contributed by atoms with Gasteiger partial charge in [0.2, 0.25) is 5.95 Å². The van der Waals surface area contributed by atoms with E-state index in [4.69, 9.17) is 9.97 Å². The zero-order valence-corrected chi connectivity index (χ0v) is 26.7. The normalized spacial score (nSPS) is 12.1. The first-order chi connectivity index (χ1) is 23.8. The van der Waals surface area contributed by atoms with Crippen LogP contribution >= 0.6 is 11.8 Å². The molecule has 0 spiro atoms. The minimum atomic E-state index is 0.659. The topological polar surface area (TPSA) is 30.7 Å². The zero-order valence-electron chi connectivity index (χ0n) is 25.8. The summed E-state index contributed by atoms with van der Waals surface area (Å²) in [5.41, 5.74) is 11.1. The van der Waals surface area contributed by atoms with Crippen LogP contribution < -0.4 is 0 Å². The summed E-state index contributed by atoms with van der Waals surface area (Å²) in [6.45, 7) is 0. The van der Waals surface area contributed by atoms with Gasteiger partial charge in [-0.1, -0.05) is 133 Å². The van der Waals surface area contributed by atoms with Gasteiger partial charge in [-0.2, -0.15) is 0 Å². The van der Waals surface area contributed by atoms with Gasteiger partial charge in [-0.15, -0.1) is 0 Å². The number of aromatic nitrogens is 3. The van der Waals surface area contributed by atoms with Crippen LogP contribution in [0.5, 0.6) is 0 Å². The lowest BCUT2D eigenvalue weighted by atomic mass is 9.94. The minimum absolute atomic E-state index is 0.659. The van der Waals surface area contributed by atoms with Gasteiger partial charge >= 0.3 is 0 Å². The van der Waals surface area contributed by atoms with E-state index in [0.29, 0.717) is 5.95 Å². The van der Waals surface area contributed by atoms with E-state index in [1.807, 2.05) is 23.9 Å². The number of rotatable bonds is 4. The molecule has 224 valence electrons. The molecule has 0 atom stereocenters. The van der Waals surface area contributed by atoms with Crippen molar-refractivity contribution in [2.24, 2.45) is 0 Å².